The molecule has 3 heteroatoms. The summed E-state index contributed by atoms with van der Waals surface area (Å²) in [6.07, 6.45) is -0.0805. The minimum absolute atomic E-state index is 0.396. The minimum Gasteiger partial charge on any atom is -0.465 e. The number of aliphatic hydroxyl groups excluding tert-OH is 1. The average molecular weight is 406 g/mol. The topological polar surface area (TPSA) is 46.5 Å². The number of esters is 1. The zero-order chi connectivity index (χ0) is 21.6. The van der Waals surface area contributed by atoms with Gasteiger partial charge in [-0.3, -0.25) is 0 Å². The monoisotopic (exact) mass is 406 g/mol. The second-order valence-electron chi connectivity index (χ2n) is 7.30. The standard InChI is InChI=1S/C28H22O3/c1-31-28(30)24-15-13-23(14-16-24)27(29)25-17-12-22-11-10-21(18-26(22)19-25)9-5-8-20-6-3-2-4-7-20/h2-4,6-7,10-19,27,29H,8H2,1H3. The van der Waals surface area contributed by atoms with Gasteiger partial charge in [-0.1, -0.05) is 72.5 Å². The number of benzene rings is 4. The Balaban J connectivity index is 1.56. The molecule has 1 unspecified atom stereocenters. The molecule has 31 heavy (non-hydrogen) atoms. The molecule has 0 bridgehead atoms. The first-order chi connectivity index (χ1) is 15.1. The lowest BCUT2D eigenvalue weighted by atomic mass is 9.97. The van der Waals surface area contributed by atoms with Gasteiger partial charge >= 0.3 is 5.97 Å². The van der Waals surface area contributed by atoms with Crippen molar-refractivity contribution in [3.63, 3.8) is 0 Å². The summed E-state index contributed by atoms with van der Waals surface area (Å²) in [6, 6.07) is 29.0. The Bertz CT molecular complexity index is 1260. The number of aliphatic hydroxyl groups is 1. The van der Waals surface area contributed by atoms with Crippen LogP contribution in [0.25, 0.3) is 10.8 Å². The largest absolute Gasteiger partial charge is 0.465 e. The van der Waals surface area contributed by atoms with Gasteiger partial charge in [-0.15, -0.1) is 0 Å². The summed E-state index contributed by atoms with van der Waals surface area (Å²) in [5.74, 6) is 6.06. The van der Waals surface area contributed by atoms with Crippen molar-refractivity contribution in [2.45, 2.75) is 12.5 Å². The smallest absolute Gasteiger partial charge is 0.337 e. The van der Waals surface area contributed by atoms with E-state index in [1.165, 1.54) is 12.7 Å². The van der Waals surface area contributed by atoms with Gasteiger partial charge in [-0.05, 0) is 57.8 Å². The molecule has 0 saturated carbocycles. The molecule has 0 saturated heterocycles. The van der Waals surface area contributed by atoms with Crippen LogP contribution < -0.4 is 0 Å². The van der Waals surface area contributed by atoms with Crippen molar-refractivity contribution >= 4 is 16.7 Å². The predicted octanol–water partition coefficient (Wildman–Crippen LogP) is 5.30. The van der Waals surface area contributed by atoms with Crippen molar-refractivity contribution in [3.8, 4) is 11.8 Å². The molecule has 0 aromatic heterocycles. The average Bonchev–Trinajstić information content (AvgIpc) is 2.83. The SMILES string of the molecule is COC(=O)c1ccc(C(O)c2ccc3ccc(C#CCc4ccccc4)cc3c2)cc1. The fourth-order valence-corrected chi connectivity index (χ4v) is 3.47. The molecule has 0 fully saturated rings. The number of carbonyl (C=O) groups excluding carboxylic acids is 1. The minimum atomic E-state index is -0.788. The highest BCUT2D eigenvalue weighted by molar-refractivity contribution is 5.89. The van der Waals surface area contributed by atoms with E-state index in [0.29, 0.717) is 17.5 Å². The van der Waals surface area contributed by atoms with Crippen molar-refractivity contribution in [1.29, 1.82) is 0 Å². The second kappa shape index (κ2) is 9.30. The molecule has 3 nitrogen and oxygen atoms in total. The fourth-order valence-electron chi connectivity index (χ4n) is 3.47. The third-order valence-electron chi connectivity index (χ3n) is 5.20. The van der Waals surface area contributed by atoms with E-state index >= 15 is 0 Å². The Kier molecular flexibility index (Phi) is 6.12. The molecule has 0 aliphatic rings. The molecule has 4 rings (SSSR count). The number of hydrogen-bond acceptors (Lipinski definition) is 3. The molecule has 0 aliphatic heterocycles. The molecule has 0 amide bonds. The van der Waals surface area contributed by atoms with Gasteiger partial charge in [0.05, 0.1) is 12.7 Å². The van der Waals surface area contributed by atoms with Crippen molar-refractivity contribution in [3.05, 3.63) is 119 Å². The van der Waals surface area contributed by atoms with Gasteiger partial charge in [0.15, 0.2) is 0 Å². The normalized spacial score (nSPS) is 11.4. The van der Waals surface area contributed by atoms with E-state index in [4.69, 9.17) is 4.74 Å². The summed E-state index contributed by atoms with van der Waals surface area (Å²) in [5, 5.41) is 12.9. The van der Waals surface area contributed by atoms with Crippen molar-refractivity contribution in [2.75, 3.05) is 7.11 Å². The van der Waals surface area contributed by atoms with E-state index in [9.17, 15) is 9.90 Å². The Labute approximate surface area is 181 Å². The molecule has 1 N–H and O–H groups in total. The van der Waals surface area contributed by atoms with Crippen molar-refractivity contribution in [2.24, 2.45) is 0 Å². The first kappa shape index (κ1) is 20.4. The van der Waals surface area contributed by atoms with Crippen LogP contribution in [0.3, 0.4) is 0 Å². The van der Waals surface area contributed by atoms with Gasteiger partial charge in [0.2, 0.25) is 0 Å². The van der Waals surface area contributed by atoms with Crippen molar-refractivity contribution < 1.29 is 14.6 Å². The van der Waals surface area contributed by atoms with Gasteiger partial charge in [-0.2, -0.15) is 0 Å². The number of hydrogen-bond donors (Lipinski definition) is 1. The summed E-state index contributed by atoms with van der Waals surface area (Å²) >= 11 is 0. The van der Waals surface area contributed by atoms with Crippen LogP contribution in [0.2, 0.25) is 0 Å². The number of ether oxygens (including phenoxy) is 1. The predicted molar refractivity (Wildman–Crippen MR) is 123 cm³/mol. The van der Waals surface area contributed by atoms with Crippen LogP contribution in [0.5, 0.6) is 0 Å². The number of rotatable bonds is 4. The zero-order valence-electron chi connectivity index (χ0n) is 17.2. The molecule has 4 aromatic carbocycles. The quantitative estimate of drug-likeness (QED) is 0.369. The maximum Gasteiger partial charge on any atom is 0.337 e. The van der Waals surface area contributed by atoms with Gasteiger partial charge in [-0.25, -0.2) is 4.79 Å². The van der Waals surface area contributed by atoms with E-state index in [0.717, 1.165) is 21.9 Å². The Hall–Kier alpha value is -3.87. The van der Waals surface area contributed by atoms with E-state index in [1.807, 2.05) is 54.6 Å². The molecule has 0 aliphatic carbocycles. The molecule has 1 atom stereocenters. The summed E-state index contributed by atoms with van der Waals surface area (Å²) in [4.78, 5) is 11.6. The number of fused-ring (bicyclic) bond motifs is 1. The van der Waals surface area contributed by atoms with Gasteiger partial charge in [0.25, 0.3) is 0 Å². The maximum absolute atomic E-state index is 11.6. The summed E-state index contributed by atoms with van der Waals surface area (Å²) in [6.45, 7) is 0. The number of carbonyl (C=O) groups is 1. The Morgan fingerprint density at radius 2 is 1.58 bits per heavy atom. The van der Waals surface area contributed by atoms with E-state index in [-0.39, 0.29) is 0 Å². The van der Waals surface area contributed by atoms with Crippen LogP contribution in [-0.2, 0) is 11.2 Å². The zero-order valence-corrected chi connectivity index (χ0v) is 17.2. The highest BCUT2D eigenvalue weighted by Gasteiger charge is 2.13. The first-order valence-corrected chi connectivity index (χ1v) is 10.1. The van der Waals surface area contributed by atoms with E-state index in [2.05, 4.69) is 24.0 Å². The molecule has 0 heterocycles. The van der Waals surface area contributed by atoms with Crippen LogP contribution in [0.1, 0.15) is 38.7 Å². The highest BCUT2D eigenvalue weighted by atomic mass is 16.5. The number of methoxy groups -OCH3 is 1. The summed E-state index contributed by atoms with van der Waals surface area (Å²) < 4.78 is 4.72. The summed E-state index contributed by atoms with van der Waals surface area (Å²) in [7, 11) is 1.35. The molecule has 152 valence electrons. The van der Waals surface area contributed by atoms with Gasteiger partial charge < -0.3 is 9.84 Å². The molecular formula is C28H22O3. The molecule has 0 spiro atoms. The Morgan fingerprint density at radius 1 is 0.871 bits per heavy atom. The fraction of sp³-hybridized carbons (Fsp3) is 0.107. The van der Waals surface area contributed by atoms with Gasteiger partial charge in [0.1, 0.15) is 6.10 Å². The molecule has 4 aromatic rings. The summed E-state index contributed by atoms with van der Waals surface area (Å²) in [5.41, 5.74) is 4.09. The molecule has 0 radical (unpaired) electrons. The highest BCUT2D eigenvalue weighted by Crippen LogP contribution is 2.26. The van der Waals surface area contributed by atoms with Crippen LogP contribution in [0.4, 0.5) is 0 Å². The Morgan fingerprint density at radius 3 is 2.32 bits per heavy atom. The van der Waals surface area contributed by atoms with Crippen LogP contribution in [-0.4, -0.2) is 18.2 Å². The molecular weight excluding hydrogens is 384 g/mol. The maximum atomic E-state index is 11.6. The van der Waals surface area contributed by atoms with Crippen LogP contribution >= 0.6 is 0 Å². The first-order valence-electron chi connectivity index (χ1n) is 10.1. The lowest BCUT2D eigenvalue weighted by molar-refractivity contribution is 0.0600. The van der Waals surface area contributed by atoms with E-state index < -0.39 is 12.1 Å². The van der Waals surface area contributed by atoms with E-state index in [1.54, 1.807) is 24.3 Å². The lowest BCUT2D eigenvalue weighted by Gasteiger charge is -2.13. The van der Waals surface area contributed by atoms with Crippen molar-refractivity contribution in [1.82, 2.24) is 0 Å². The van der Waals surface area contributed by atoms with Gasteiger partial charge in [0, 0.05) is 12.0 Å². The third kappa shape index (κ3) is 4.83. The lowest BCUT2D eigenvalue weighted by Crippen LogP contribution is -2.03. The second-order valence-corrected chi connectivity index (χ2v) is 7.30. The van der Waals surface area contributed by atoms with Crippen LogP contribution in [0, 0.1) is 11.8 Å². The third-order valence-corrected chi connectivity index (χ3v) is 5.20. The van der Waals surface area contributed by atoms with Crippen LogP contribution in [0.15, 0.2) is 91.0 Å².